The van der Waals surface area contributed by atoms with Gasteiger partial charge >= 0.3 is 0 Å². The number of aromatic nitrogens is 2. The molecule has 8 heteroatoms. The summed E-state index contributed by atoms with van der Waals surface area (Å²) in [6.45, 7) is 0. The van der Waals surface area contributed by atoms with Crippen LogP contribution in [0.25, 0.3) is 11.0 Å². The average molecular weight is 328 g/mol. The lowest BCUT2D eigenvalue weighted by atomic mass is 10.2. The molecule has 0 spiro atoms. The Bertz CT molecular complexity index is 830. The summed E-state index contributed by atoms with van der Waals surface area (Å²) in [4.78, 5) is 8.24. The summed E-state index contributed by atoms with van der Waals surface area (Å²) in [5, 5.41) is 0. The van der Waals surface area contributed by atoms with E-state index in [1.54, 1.807) is 50.9 Å². The van der Waals surface area contributed by atoms with E-state index in [-0.39, 0.29) is 0 Å². The fourth-order valence-electron chi connectivity index (χ4n) is 1.98. The second-order valence-corrected chi connectivity index (χ2v) is 4.86. The molecule has 8 N–H and O–H groups in total. The van der Waals surface area contributed by atoms with Crippen molar-refractivity contribution < 1.29 is 9.47 Å². The molecule has 0 aliphatic rings. The summed E-state index contributed by atoms with van der Waals surface area (Å²) >= 11 is 0. The van der Waals surface area contributed by atoms with Crippen molar-refractivity contribution in [3.63, 3.8) is 0 Å². The van der Waals surface area contributed by atoms with E-state index in [0.29, 0.717) is 39.8 Å². The Hall–Kier alpha value is -3.42. The van der Waals surface area contributed by atoms with Crippen LogP contribution in [0.1, 0.15) is 0 Å². The number of methoxy groups -OCH3 is 2. The zero-order valence-electron chi connectivity index (χ0n) is 13.5. The molecule has 0 aliphatic carbocycles. The number of ether oxygens (including phenoxy) is 2. The van der Waals surface area contributed by atoms with E-state index in [4.69, 9.17) is 32.4 Å². The van der Waals surface area contributed by atoms with Gasteiger partial charge in [-0.2, -0.15) is 0 Å². The smallest absolute Gasteiger partial charge is 0.123 e. The normalized spacial score (nSPS) is 9.92. The Labute approximate surface area is 139 Å². The summed E-state index contributed by atoms with van der Waals surface area (Å²) in [6, 6.07) is 6.80. The highest BCUT2D eigenvalue weighted by atomic mass is 16.5. The minimum atomic E-state index is 0.408. The predicted molar refractivity (Wildman–Crippen MR) is 96.7 cm³/mol. The number of rotatable bonds is 2. The van der Waals surface area contributed by atoms with Crippen molar-refractivity contribution in [1.82, 2.24) is 9.97 Å². The van der Waals surface area contributed by atoms with Crippen molar-refractivity contribution in [2.45, 2.75) is 0 Å². The van der Waals surface area contributed by atoms with Crippen molar-refractivity contribution in [3.8, 4) is 11.5 Å². The summed E-state index contributed by atoms with van der Waals surface area (Å²) in [7, 11) is 3.14. The Morgan fingerprint density at radius 1 is 0.708 bits per heavy atom. The van der Waals surface area contributed by atoms with Gasteiger partial charge in [-0.05, 0) is 0 Å². The first kappa shape index (κ1) is 16.9. The zero-order chi connectivity index (χ0) is 17.7. The molecule has 3 rings (SSSR count). The number of hydrogen-bond acceptors (Lipinski definition) is 8. The molecule has 8 nitrogen and oxygen atoms in total. The molecule has 0 saturated heterocycles. The Morgan fingerprint density at radius 2 is 1.21 bits per heavy atom. The molecule has 0 aliphatic heterocycles. The number of nitrogen functional groups attached to an aromatic ring is 4. The quantitative estimate of drug-likeness (QED) is 0.519. The van der Waals surface area contributed by atoms with E-state index in [1.165, 1.54) is 0 Å². The van der Waals surface area contributed by atoms with Gasteiger partial charge < -0.3 is 32.4 Å². The van der Waals surface area contributed by atoms with Crippen LogP contribution in [-0.4, -0.2) is 24.2 Å². The standard InChI is InChI=1S/C9H9N3O.C7H11N3O/c1-13-6-4-7(10)9-8(5-6)11-2-3-12-9;1-11-4-2-5(8)7(10)6(9)3-4/h2-5H,10H2,1H3;2-3H,8-10H2,1H3. The molecule has 0 bridgehead atoms. The van der Waals surface area contributed by atoms with Gasteiger partial charge in [-0.15, -0.1) is 0 Å². The molecule has 1 aromatic heterocycles. The van der Waals surface area contributed by atoms with Crippen molar-refractivity contribution in [3.05, 3.63) is 36.7 Å². The van der Waals surface area contributed by atoms with E-state index in [9.17, 15) is 0 Å². The highest BCUT2D eigenvalue weighted by molar-refractivity contribution is 5.87. The minimum Gasteiger partial charge on any atom is -0.497 e. The number of nitrogens with two attached hydrogens (primary N) is 4. The molecule has 126 valence electrons. The molecule has 0 atom stereocenters. The van der Waals surface area contributed by atoms with Gasteiger partial charge in [0.1, 0.15) is 17.0 Å². The van der Waals surface area contributed by atoms with Gasteiger partial charge in [0.15, 0.2) is 0 Å². The summed E-state index contributed by atoms with van der Waals surface area (Å²) < 4.78 is 9.97. The number of nitrogens with zero attached hydrogens (tertiary/aromatic N) is 2. The van der Waals surface area contributed by atoms with Gasteiger partial charge in [0.2, 0.25) is 0 Å². The Balaban J connectivity index is 0.000000177. The summed E-state index contributed by atoms with van der Waals surface area (Å²) in [5.74, 6) is 1.32. The molecule has 0 radical (unpaired) electrons. The van der Waals surface area contributed by atoms with Crippen LogP contribution in [0, 0.1) is 0 Å². The molecule has 0 amide bonds. The highest BCUT2D eigenvalue weighted by Gasteiger charge is 2.03. The number of anilines is 4. The largest absolute Gasteiger partial charge is 0.497 e. The van der Waals surface area contributed by atoms with Gasteiger partial charge in [-0.25, -0.2) is 0 Å². The van der Waals surface area contributed by atoms with Gasteiger partial charge in [-0.3, -0.25) is 9.97 Å². The lowest BCUT2D eigenvalue weighted by Crippen LogP contribution is -2.00. The van der Waals surface area contributed by atoms with E-state index in [2.05, 4.69) is 9.97 Å². The monoisotopic (exact) mass is 328 g/mol. The van der Waals surface area contributed by atoms with Crippen LogP contribution in [0.2, 0.25) is 0 Å². The lowest BCUT2D eigenvalue weighted by molar-refractivity contribution is 0.415. The molecule has 0 saturated carbocycles. The molecular formula is C16H20N6O2. The molecule has 24 heavy (non-hydrogen) atoms. The second-order valence-electron chi connectivity index (χ2n) is 4.86. The Morgan fingerprint density at radius 3 is 1.79 bits per heavy atom. The summed E-state index contributed by atoms with van der Waals surface area (Å²) in [5.41, 5.74) is 25.6. The van der Waals surface area contributed by atoms with E-state index < -0.39 is 0 Å². The minimum absolute atomic E-state index is 0.408. The van der Waals surface area contributed by atoms with Gasteiger partial charge in [-0.1, -0.05) is 0 Å². The third kappa shape index (κ3) is 3.67. The van der Waals surface area contributed by atoms with Crippen LogP contribution in [0.3, 0.4) is 0 Å². The molecule has 0 fully saturated rings. The molecular weight excluding hydrogens is 308 g/mol. The van der Waals surface area contributed by atoms with Crippen LogP contribution >= 0.6 is 0 Å². The van der Waals surface area contributed by atoms with Crippen LogP contribution in [0.15, 0.2) is 36.7 Å². The van der Waals surface area contributed by atoms with Crippen LogP contribution in [0.5, 0.6) is 11.5 Å². The zero-order valence-corrected chi connectivity index (χ0v) is 13.5. The van der Waals surface area contributed by atoms with Crippen LogP contribution in [0.4, 0.5) is 22.7 Å². The maximum absolute atomic E-state index is 5.75. The van der Waals surface area contributed by atoms with Gasteiger partial charge in [0, 0.05) is 36.7 Å². The third-order valence-corrected chi connectivity index (χ3v) is 3.27. The molecule has 1 heterocycles. The van der Waals surface area contributed by atoms with Gasteiger partial charge in [0.05, 0.1) is 42.5 Å². The molecule has 3 aromatic rings. The Kier molecular flexibility index (Phi) is 5.10. The topological polar surface area (TPSA) is 148 Å². The second kappa shape index (κ2) is 7.23. The van der Waals surface area contributed by atoms with Crippen molar-refractivity contribution in [2.75, 3.05) is 37.2 Å². The number of fused-ring (bicyclic) bond motifs is 1. The summed E-state index contributed by atoms with van der Waals surface area (Å²) in [6.07, 6.45) is 3.24. The fourth-order valence-corrected chi connectivity index (χ4v) is 1.98. The van der Waals surface area contributed by atoms with Crippen molar-refractivity contribution in [1.29, 1.82) is 0 Å². The fraction of sp³-hybridized carbons (Fsp3) is 0.125. The predicted octanol–water partition coefficient (Wildman–Crippen LogP) is 1.66. The van der Waals surface area contributed by atoms with E-state index >= 15 is 0 Å². The molecule has 0 unspecified atom stereocenters. The van der Waals surface area contributed by atoms with Crippen LogP contribution in [-0.2, 0) is 0 Å². The van der Waals surface area contributed by atoms with Crippen molar-refractivity contribution in [2.24, 2.45) is 0 Å². The third-order valence-electron chi connectivity index (χ3n) is 3.27. The van der Waals surface area contributed by atoms with Gasteiger partial charge in [0.25, 0.3) is 0 Å². The average Bonchev–Trinajstić information content (AvgIpc) is 2.59. The van der Waals surface area contributed by atoms with E-state index in [1.807, 2.05) is 0 Å². The number of benzene rings is 2. The maximum atomic E-state index is 5.75. The lowest BCUT2D eigenvalue weighted by Gasteiger charge is -2.06. The number of hydrogen-bond donors (Lipinski definition) is 4. The first-order valence-corrected chi connectivity index (χ1v) is 6.99. The first-order chi connectivity index (χ1) is 11.5. The maximum Gasteiger partial charge on any atom is 0.123 e. The molecule has 2 aromatic carbocycles. The van der Waals surface area contributed by atoms with Crippen molar-refractivity contribution >= 4 is 33.8 Å². The van der Waals surface area contributed by atoms with E-state index in [0.717, 1.165) is 5.52 Å². The highest BCUT2D eigenvalue weighted by Crippen LogP contribution is 2.28. The first-order valence-electron chi connectivity index (χ1n) is 6.99. The van der Waals surface area contributed by atoms with Crippen LogP contribution < -0.4 is 32.4 Å². The SMILES string of the molecule is COc1cc(N)c(N)c(N)c1.COc1cc(N)c2nccnc2c1.